The van der Waals surface area contributed by atoms with Gasteiger partial charge in [0.25, 0.3) is 5.92 Å². The van der Waals surface area contributed by atoms with Gasteiger partial charge < -0.3 is 4.90 Å². The number of alkyl halides is 2. The number of aromatic nitrogens is 1. The zero-order valence-corrected chi connectivity index (χ0v) is 11.0. The molecule has 1 fully saturated rings. The molecule has 3 rings (SSSR count). The fraction of sp³-hybridized carbons (Fsp3) is 0.455. The molecule has 0 radical (unpaired) electrons. The molecular formula is C11H10F2N2OS2. The van der Waals surface area contributed by atoms with E-state index < -0.39 is 5.92 Å². The molecule has 2 aromatic rings. The molecule has 1 saturated heterocycles. The molecule has 3 nitrogen and oxygen atoms in total. The number of aldehydes is 1. The van der Waals surface area contributed by atoms with Crippen molar-refractivity contribution >= 4 is 43.6 Å². The number of nitrogens with zero attached hydrogens (tertiary/aromatic N) is 2. The number of thiophene rings is 1. The maximum Gasteiger partial charge on any atom is 0.251 e. The Kier molecular flexibility index (Phi) is 2.82. The highest BCUT2D eigenvalue weighted by Crippen LogP contribution is 2.37. The molecule has 0 N–H and O–H groups in total. The van der Waals surface area contributed by atoms with E-state index in [1.54, 1.807) is 6.07 Å². The standard InChI is InChI=1S/C11H10F2N2OS2/c12-11(13)1-3-15(4-2-11)10-14-9-8(18-10)5-7(6-16)17-9/h5-6H,1-4H2. The van der Waals surface area contributed by atoms with Gasteiger partial charge in [0.1, 0.15) is 4.83 Å². The third-order valence-corrected chi connectivity index (χ3v) is 5.13. The van der Waals surface area contributed by atoms with Crippen LogP contribution < -0.4 is 4.90 Å². The van der Waals surface area contributed by atoms with Crippen LogP contribution in [0.25, 0.3) is 9.53 Å². The average molecular weight is 288 g/mol. The summed E-state index contributed by atoms with van der Waals surface area (Å²) in [5.74, 6) is -2.53. The molecule has 96 valence electrons. The molecule has 0 spiro atoms. The second kappa shape index (κ2) is 4.24. The number of hydrogen-bond acceptors (Lipinski definition) is 5. The number of thiazole rings is 1. The summed E-state index contributed by atoms with van der Waals surface area (Å²) in [4.78, 5) is 18.4. The lowest BCUT2D eigenvalue weighted by Crippen LogP contribution is -2.39. The molecule has 0 aliphatic carbocycles. The number of carbonyl (C=O) groups is 1. The summed E-state index contributed by atoms with van der Waals surface area (Å²) in [5.41, 5.74) is 0. The van der Waals surface area contributed by atoms with E-state index in [1.165, 1.54) is 22.7 Å². The molecule has 0 saturated carbocycles. The van der Waals surface area contributed by atoms with Crippen molar-refractivity contribution < 1.29 is 13.6 Å². The van der Waals surface area contributed by atoms with Gasteiger partial charge in [0, 0.05) is 25.9 Å². The minimum absolute atomic E-state index is 0.111. The summed E-state index contributed by atoms with van der Waals surface area (Å²) in [6, 6.07) is 1.80. The molecule has 1 aliphatic heterocycles. The minimum atomic E-state index is -2.53. The molecule has 7 heteroatoms. The van der Waals surface area contributed by atoms with E-state index in [-0.39, 0.29) is 12.8 Å². The van der Waals surface area contributed by atoms with Crippen molar-refractivity contribution in [1.82, 2.24) is 4.98 Å². The molecule has 0 bridgehead atoms. The Labute approximate surface area is 110 Å². The van der Waals surface area contributed by atoms with Gasteiger partial charge in [-0.1, -0.05) is 11.3 Å². The maximum absolute atomic E-state index is 13.1. The predicted octanol–water partition coefficient (Wildman–Crippen LogP) is 3.41. The first-order valence-electron chi connectivity index (χ1n) is 5.56. The molecule has 18 heavy (non-hydrogen) atoms. The molecular weight excluding hydrogens is 278 g/mol. The fourth-order valence-electron chi connectivity index (χ4n) is 1.96. The van der Waals surface area contributed by atoms with E-state index in [0.29, 0.717) is 18.0 Å². The van der Waals surface area contributed by atoms with Crippen molar-refractivity contribution in [3.63, 3.8) is 0 Å². The Bertz CT molecular complexity index is 551. The highest BCUT2D eigenvalue weighted by atomic mass is 32.1. The van der Waals surface area contributed by atoms with Gasteiger partial charge in [-0.2, -0.15) is 0 Å². The number of piperidine rings is 1. The Morgan fingerprint density at radius 1 is 1.33 bits per heavy atom. The number of fused-ring (bicyclic) bond motifs is 1. The summed E-state index contributed by atoms with van der Waals surface area (Å²) in [5, 5.41) is 0.782. The van der Waals surface area contributed by atoms with Gasteiger partial charge in [0.2, 0.25) is 0 Å². The van der Waals surface area contributed by atoms with E-state index in [2.05, 4.69) is 4.98 Å². The number of hydrogen-bond donors (Lipinski definition) is 0. The fourth-order valence-corrected chi connectivity index (χ4v) is 4.05. The van der Waals surface area contributed by atoms with Gasteiger partial charge in [0.15, 0.2) is 11.4 Å². The topological polar surface area (TPSA) is 33.2 Å². The van der Waals surface area contributed by atoms with Crippen LogP contribution in [0.2, 0.25) is 0 Å². The Morgan fingerprint density at radius 2 is 2.06 bits per heavy atom. The van der Waals surface area contributed by atoms with Crippen molar-refractivity contribution in [2.24, 2.45) is 0 Å². The zero-order valence-electron chi connectivity index (χ0n) is 9.36. The Hall–Kier alpha value is -1.08. The van der Waals surface area contributed by atoms with Crippen molar-refractivity contribution in [3.8, 4) is 0 Å². The van der Waals surface area contributed by atoms with E-state index in [4.69, 9.17) is 0 Å². The first kappa shape index (κ1) is 12.0. The molecule has 0 amide bonds. The summed E-state index contributed by atoms with van der Waals surface area (Å²) < 4.78 is 27.1. The number of halogens is 2. The van der Waals surface area contributed by atoms with Gasteiger partial charge in [-0.25, -0.2) is 13.8 Å². The normalized spacial score (nSPS) is 19.3. The summed E-state index contributed by atoms with van der Waals surface area (Å²) in [7, 11) is 0. The van der Waals surface area contributed by atoms with Gasteiger partial charge in [-0.3, -0.25) is 4.79 Å². The molecule has 0 aromatic carbocycles. The largest absolute Gasteiger partial charge is 0.348 e. The third kappa shape index (κ3) is 2.12. The Morgan fingerprint density at radius 3 is 2.67 bits per heavy atom. The van der Waals surface area contributed by atoms with Crippen molar-refractivity contribution in [2.45, 2.75) is 18.8 Å². The third-order valence-electron chi connectivity index (χ3n) is 2.98. The summed E-state index contributed by atoms with van der Waals surface area (Å²) in [6.45, 7) is 0.683. The smallest absolute Gasteiger partial charge is 0.251 e. The lowest BCUT2D eigenvalue weighted by Gasteiger charge is -2.31. The Balaban J connectivity index is 1.82. The van der Waals surface area contributed by atoms with Crippen LogP contribution in [0.3, 0.4) is 0 Å². The van der Waals surface area contributed by atoms with E-state index in [0.717, 1.165) is 20.9 Å². The van der Waals surface area contributed by atoms with Crippen LogP contribution in [0.1, 0.15) is 22.5 Å². The summed E-state index contributed by atoms with van der Waals surface area (Å²) >= 11 is 2.80. The second-order valence-corrected chi connectivity index (χ2v) is 6.35. The number of carbonyl (C=O) groups excluding carboxylic acids is 1. The zero-order chi connectivity index (χ0) is 12.8. The average Bonchev–Trinajstić information content (AvgIpc) is 2.86. The van der Waals surface area contributed by atoms with Crippen LogP contribution >= 0.6 is 22.7 Å². The van der Waals surface area contributed by atoms with Crippen molar-refractivity contribution in [1.29, 1.82) is 0 Å². The van der Waals surface area contributed by atoms with E-state index >= 15 is 0 Å². The van der Waals surface area contributed by atoms with Gasteiger partial charge >= 0.3 is 0 Å². The van der Waals surface area contributed by atoms with Crippen LogP contribution in [-0.2, 0) is 0 Å². The SMILES string of the molecule is O=Cc1cc2sc(N3CCC(F)(F)CC3)nc2s1. The van der Waals surface area contributed by atoms with E-state index in [9.17, 15) is 13.6 Å². The monoisotopic (exact) mass is 288 g/mol. The highest BCUT2D eigenvalue weighted by molar-refractivity contribution is 7.29. The molecule has 0 unspecified atom stereocenters. The lowest BCUT2D eigenvalue weighted by molar-refractivity contribution is -0.0220. The quantitative estimate of drug-likeness (QED) is 0.794. The van der Waals surface area contributed by atoms with Crippen LogP contribution in [0.4, 0.5) is 13.9 Å². The van der Waals surface area contributed by atoms with E-state index in [1.807, 2.05) is 4.90 Å². The maximum atomic E-state index is 13.1. The molecule has 3 heterocycles. The van der Waals surface area contributed by atoms with Crippen molar-refractivity contribution in [2.75, 3.05) is 18.0 Å². The number of rotatable bonds is 2. The second-order valence-electron chi connectivity index (χ2n) is 4.28. The predicted molar refractivity (Wildman–Crippen MR) is 69.3 cm³/mol. The highest BCUT2D eigenvalue weighted by Gasteiger charge is 2.34. The first-order valence-corrected chi connectivity index (χ1v) is 7.19. The van der Waals surface area contributed by atoms with Crippen LogP contribution in [0.5, 0.6) is 0 Å². The van der Waals surface area contributed by atoms with Crippen LogP contribution in [0.15, 0.2) is 6.07 Å². The summed E-state index contributed by atoms with van der Waals surface area (Å²) in [6.07, 6.45) is 0.583. The lowest BCUT2D eigenvalue weighted by atomic mass is 10.1. The van der Waals surface area contributed by atoms with Crippen LogP contribution in [-0.4, -0.2) is 30.3 Å². The molecule has 1 aliphatic rings. The van der Waals surface area contributed by atoms with Gasteiger partial charge in [0.05, 0.1) is 9.58 Å². The van der Waals surface area contributed by atoms with Gasteiger partial charge in [-0.05, 0) is 6.07 Å². The van der Waals surface area contributed by atoms with Crippen LogP contribution in [0, 0.1) is 0 Å². The molecule has 0 atom stereocenters. The molecule has 2 aromatic heterocycles. The number of anilines is 1. The van der Waals surface area contributed by atoms with Crippen molar-refractivity contribution in [3.05, 3.63) is 10.9 Å². The van der Waals surface area contributed by atoms with Gasteiger partial charge in [-0.15, -0.1) is 11.3 Å². The first-order chi connectivity index (χ1) is 8.57. The minimum Gasteiger partial charge on any atom is -0.348 e.